The Bertz CT molecular complexity index is 1030. The molecule has 0 saturated heterocycles. The van der Waals surface area contributed by atoms with Crippen molar-refractivity contribution in [3.63, 3.8) is 0 Å². The molecule has 0 atom stereocenters. The number of halogens is 2. The van der Waals surface area contributed by atoms with Gasteiger partial charge in [0.05, 0.1) is 21.8 Å². The molecule has 2 aromatic heterocycles. The third-order valence-electron chi connectivity index (χ3n) is 3.48. The van der Waals surface area contributed by atoms with Gasteiger partial charge in [0.1, 0.15) is 5.52 Å². The summed E-state index contributed by atoms with van der Waals surface area (Å²) >= 11 is 12.0. The van der Waals surface area contributed by atoms with Gasteiger partial charge in [-0.2, -0.15) is 5.10 Å². The maximum atomic E-state index is 12.1. The molecule has 0 spiro atoms. The van der Waals surface area contributed by atoms with Gasteiger partial charge in [-0.1, -0.05) is 41.4 Å². The zero-order valence-corrected chi connectivity index (χ0v) is 12.6. The third-order valence-corrected chi connectivity index (χ3v) is 4.22. The first kappa shape index (κ1) is 13.3. The topological polar surface area (TPSA) is 57.1 Å². The fraction of sp³-hybridized carbons (Fsp3) is 0. The molecule has 0 aliphatic rings. The number of nitrogens with zero attached hydrogens (tertiary/aromatic N) is 4. The lowest BCUT2D eigenvalue weighted by Crippen LogP contribution is -2.33. The highest BCUT2D eigenvalue weighted by molar-refractivity contribution is 6.42. The minimum atomic E-state index is 0.439. The van der Waals surface area contributed by atoms with Crippen molar-refractivity contribution in [2.45, 2.75) is 0 Å². The van der Waals surface area contributed by atoms with E-state index in [-0.39, 0.29) is 0 Å². The average Bonchev–Trinajstić information content (AvgIpc) is 2.94. The zero-order chi connectivity index (χ0) is 15.3. The van der Waals surface area contributed by atoms with Crippen molar-refractivity contribution in [3.8, 4) is 11.1 Å². The van der Waals surface area contributed by atoms with Crippen LogP contribution in [0, 0.1) is 5.21 Å². The molecule has 0 bridgehead atoms. The molecule has 0 aliphatic heterocycles. The number of para-hydroxylation sites is 2. The SMILES string of the molecule is [O-][n+]1nc2c(-c3ccc(Cl)c(Cl)c3)cnn2c2ccccc21. The van der Waals surface area contributed by atoms with E-state index in [1.54, 1.807) is 35.0 Å². The molecular formula is C15H8Cl2N4O. The molecular weight excluding hydrogens is 323 g/mol. The van der Waals surface area contributed by atoms with Gasteiger partial charge in [-0.15, -0.1) is 0 Å². The molecule has 0 aliphatic carbocycles. The minimum Gasteiger partial charge on any atom is -0.594 e. The van der Waals surface area contributed by atoms with Crippen LogP contribution in [0.15, 0.2) is 48.7 Å². The van der Waals surface area contributed by atoms with Crippen molar-refractivity contribution in [3.05, 3.63) is 63.9 Å². The van der Waals surface area contributed by atoms with Crippen LogP contribution in [0.5, 0.6) is 0 Å². The third kappa shape index (κ3) is 1.90. The van der Waals surface area contributed by atoms with E-state index in [1.807, 2.05) is 18.2 Å². The minimum absolute atomic E-state index is 0.439. The molecule has 0 unspecified atom stereocenters. The Hall–Kier alpha value is -2.37. The molecule has 0 N–H and O–H groups in total. The maximum Gasteiger partial charge on any atom is 0.270 e. The van der Waals surface area contributed by atoms with Crippen LogP contribution in [0.25, 0.3) is 27.8 Å². The van der Waals surface area contributed by atoms with E-state index in [0.717, 1.165) is 5.56 Å². The van der Waals surface area contributed by atoms with Crippen LogP contribution >= 0.6 is 23.2 Å². The molecule has 4 rings (SSSR count). The Morgan fingerprint density at radius 2 is 1.86 bits per heavy atom. The Morgan fingerprint density at radius 1 is 1.05 bits per heavy atom. The molecule has 0 fully saturated rings. The standard InChI is InChI=1S/C15H8Cl2N4O/c16-11-6-5-9(7-12(11)17)10-8-18-20-13-3-1-2-4-14(13)21(22)19-15(10)20/h1-8H. The summed E-state index contributed by atoms with van der Waals surface area (Å²) in [7, 11) is 0. The van der Waals surface area contributed by atoms with Crippen LogP contribution in [0.3, 0.4) is 0 Å². The molecule has 108 valence electrons. The number of rotatable bonds is 1. The van der Waals surface area contributed by atoms with Crippen molar-refractivity contribution in [2.24, 2.45) is 0 Å². The normalized spacial score (nSPS) is 11.4. The van der Waals surface area contributed by atoms with Crippen molar-refractivity contribution in [1.29, 1.82) is 0 Å². The average molecular weight is 331 g/mol. The zero-order valence-electron chi connectivity index (χ0n) is 11.1. The predicted molar refractivity (Wildman–Crippen MR) is 84.9 cm³/mol. The van der Waals surface area contributed by atoms with Gasteiger partial charge in [0.2, 0.25) is 5.65 Å². The Balaban J connectivity index is 2.06. The highest BCUT2D eigenvalue weighted by Gasteiger charge is 2.17. The van der Waals surface area contributed by atoms with E-state index in [4.69, 9.17) is 23.2 Å². The second kappa shape index (κ2) is 4.83. The smallest absolute Gasteiger partial charge is 0.270 e. The van der Waals surface area contributed by atoms with Gasteiger partial charge in [-0.25, -0.2) is 4.52 Å². The first-order valence-electron chi connectivity index (χ1n) is 6.47. The Kier molecular flexibility index (Phi) is 2.92. The molecule has 2 heterocycles. The van der Waals surface area contributed by atoms with Crippen LogP contribution in [0.1, 0.15) is 0 Å². The highest BCUT2D eigenvalue weighted by atomic mass is 35.5. The second-order valence-corrected chi connectivity index (χ2v) is 5.60. The molecule has 7 heteroatoms. The van der Waals surface area contributed by atoms with Crippen molar-refractivity contribution < 1.29 is 4.85 Å². The number of hydrogen-bond donors (Lipinski definition) is 0. The quantitative estimate of drug-likeness (QED) is 0.396. The van der Waals surface area contributed by atoms with E-state index in [9.17, 15) is 5.21 Å². The van der Waals surface area contributed by atoms with Crippen molar-refractivity contribution >= 4 is 39.9 Å². The summed E-state index contributed by atoms with van der Waals surface area (Å²) in [5.74, 6) is 0. The summed E-state index contributed by atoms with van der Waals surface area (Å²) in [6.45, 7) is 0. The van der Waals surface area contributed by atoms with Gasteiger partial charge in [0.25, 0.3) is 5.52 Å². The summed E-state index contributed by atoms with van der Waals surface area (Å²) in [6.07, 6.45) is 1.66. The van der Waals surface area contributed by atoms with E-state index < -0.39 is 0 Å². The molecule has 4 aromatic rings. The predicted octanol–water partition coefficient (Wildman–Crippen LogP) is 3.49. The lowest BCUT2D eigenvalue weighted by Gasteiger charge is -2.03. The van der Waals surface area contributed by atoms with Gasteiger partial charge in [-0.3, -0.25) is 0 Å². The van der Waals surface area contributed by atoms with Crippen LogP contribution in [-0.4, -0.2) is 14.7 Å². The summed E-state index contributed by atoms with van der Waals surface area (Å²) < 4.78 is 1.64. The van der Waals surface area contributed by atoms with Crippen LogP contribution in [0.2, 0.25) is 10.0 Å². The number of benzene rings is 2. The highest BCUT2D eigenvalue weighted by Crippen LogP contribution is 2.30. The van der Waals surface area contributed by atoms with Gasteiger partial charge < -0.3 is 5.21 Å². The van der Waals surface area contributed by atoms with Crippen LogP contribution in [-0.2, 0) is 0 Å². The fourth-order valence-electron chi connectivity index (χ4n) is 2.43. The van der Waals surface area contributed by atoms with Crippen LogP contribution < -0.4 is 4.85 Å². The molecule has 0 saturated carbocycles. The Morgan fingerprint density at radius 3 is 2.68 bits per heavy atom. The number of aromatic nitrogens is 4. The van der Waals surface area contributed by atoms with Gasteiger partial charge in [0, 0.05) is 11.2 Å². The summed E-state index contributed by atoms with van der Waals surface area (Å²) in [5.41, 5.74) is 3.13. The summed E-state index contributed by atoms with van der Waals surface area (Å²) in [6, 6.07) is 12.4. The second-order valence-electron chi connectivity index (χ2n) is 4.78. The molecule has 5 nitrogen and oxygen atoms in total. The molecule has 22 heavy (non-hydrogen) atoms. The van der Waals surface area contributed by atoms with E-state index in [2.05, 4.69) is 10.2 Å². The number of fused-ring (bicyclic) bond motifs is 3. The first-order chi connectivity index (χ1) is 10.6. The van der Waals surface area contributed by atoms with Crippen molar-refractivity contribution in [2.75, 3.05) is 0 Å². The fourth-order valence-corrected chi connectivity index (χ4v) is 2.72. The van der Waals surface area contributed by atoms with E-state index in [1.165, 1.54) is 0 Å². The lowest BCUT2D eigenvalue weighted by molar-refractivity contribution is -0.640. The monoisotopic (exact) mass is 330 g/mol. The van der Waals surface area contributed by atoms with Crippen molar-refractivity contribution in [1.82, 2.24) is 14.7 Å². The van der Waals surface area contributed by atoms with Gasteiger partial charge in [0.15, 0.2) is 0 Å². The van der Waals surface area contributed by atoms with E-state index >= 15 is 0 Å². The van der Waals surface area contributed by atoms with E-state index in [0.29, 0.717) is 37.1 Å². The lowest BCUT2D eigenvalue weighted by atomic mass is 10.1. The summed E-state index contributed by atoms with van der Waals surface area (Å²) in [5, 5.41) is 21.4. The molecule has 2 aromatic carbocycles. The maximum absolute atomic E-state index is 12.1. The van der Waals surface area contributed by atoms with Crippen LogP contribution in [0.4, 0.5) is 0 Å². The largest absolute Gasteiger partial charge is 0.594 e. The van der Waals surface area contributed by atoms with Gasteiger partial charge in [-0.05, 0) is 28.6 Å². The number of hydrogen-bond acceptors (Lipinski definition) is 3. The molecule has 0 amide bonds. The molecule has 0 radical (unpaired) electrons. The summed E-state index contributed by atoms with van der Waals surface area (Å²) in [4.78, 5) is 0.605. The Labute approximate surface area is 134 Å². The first-order valence-corrected chi connectivity index (χ1v) is 7.22. The van der Waals surface area contributed by atoms with Gasteiger partial charge >= 0.3 is 0 Å².